The van der Waals surface area contributed by atoms with Gasteiger partial charge in [0.2, 0.25) is 0 Å². The molecule has 1 aromatic rings. The fraction of sp³-hybridized carbons (Fsp3) is 0.364. The van der Waals surface area contributed by atoms with Gasteiger partial charge in [0.15, 0.2) is 0 Å². The second kappa shape index (κ2) is 6.14. The molecule has 1 rings (SSSR count). The van der Waals surface area contributed by atoms with Gasteiger partial charge in [-0.2, -0.15) is 0 Å². The molecule has 4 nitrogen and oxygen atoms in total. The topological polar surface area (TPSA) is 61.5 Å². The van der Waals surface area contributed by atoms with Crippen LogP contribution < -0.4 is 10.5 Å². The van der Waals surface area contributed by atoms with E-state index in [0.717, 1.165) is 12.1 Å². The van der Waals surface area contributed by atoms with E-state index in [2.05, 4.69) is 20.7 Å². The highest BCUT2D eigenvalue weighted by molar-refractivity contribution is 9.10. The normalized spacial score (nSPS) is 11.2. The quantitative estimate of drug-likeness (QED) is 0.675. The van der Waals surface area contributed by atoms with Crippen molar-refractivity contribution in [1.82, 2.24) is 0 Å². The van der Waals surface area contributed by atoms with Gasteiger partial charge in [-0.15, -0.1) is 13.2 Å². The first-order valence-corrected chi connectivity index (χ1v) is 6.01. The van der Waals surface area contributed by atoms with E-state index in [-0.39, 0.29) is 24.3 Å². The van der Waals surface area contributed by atoms with Gasteiger partial charge in [-0.25, -0.2) is 0 Å². The number of esters is 1. The molecule has 0 heterocycles. The van der Waals surface area contributed by atoms with Crippen molar-refractivity contribution < 1.29 is 27.4 Å². The number of carbonyl (C=O) groups is 1. The average molecular weight is 342 g/mol. The zero-order chi connectivity index (χ0) is 14.6. The Labute approximate surface area is 115 Å². The van der Waals surface area contributed by atoms with Gasteiger partial charge < -0.3 is 15.2 Å². The molecule has 106 valence electrons. The van der Waals surface area contributed by atoms with E-state index in [1.807, 2.05) is 0 Å². The van der Waals surface area contributed by atoms with E-state index in [1.54, 1.807) is 6.92 Å². The van der Waals surface area contributed by atoms with Gasteiger partial charge in [-0.3, -0.25) is 4.79 Å². The largest absolute Gasteiger partial charge is 0.573 e. The number of rotatable bonds is 4. The third-order valence-corrected chi connectivity index (χ3v) is 2.99. The molecule has 0 aliphatic rings. The summed E-state index contributed by atoms with van der Waals surface area (Å²) in [7, 11) is 0. The predicted octanol–water partition coefficient (Wildman–Crippen LogP) is 3.04. The predicted molar refractivity (Wildman–Crippen MR) is 65.6 cm³/mol. The number of benzene rings is 1. The average Bonchev–Trinajstić information content (AvgIpc) is 2.23. The van der Waals surface area contributed by atoms with Crippen molar-refractivity contribution in [2.75, 3.05) is 12.3 Å². The van der Waals surface area contributed by atoms with Gasteiger partial charge in [0.25, 0.3) is 0 Å². The highest BCUT2D eigenvalue weighted by Crippen LogP contribution is 2.32. The van der Waals surface area contributed by atoms with Crippen molar-refractivity contribution in [3.63, 3.8) is 0 Å². The van der Waals surface area contributed by atoms with Gasteiger partial charge in [0, 0.05) is 16.2 Å². The Balaban J connectivity index is 3.00. The minimum atomic E-state index is -4.82. The molecule has 19 heavy (non-hydrogen) atoms. The summed E-state index contributed by atoms with van der Waals surface area (Å²) in [4.78, 5) is 11.3. The molecular formula is C11H11BrF3NO3. The number of nitrogen functional groups attached to an aromatic ring is 1. The van der Waals surface area contributed by atoms with E-state index in [0.29, 0.717) is 4.47 Å². The number of ether oxygens (including phenoxy) is 2. The van der Waals surface area contributed by atoms with Gasteiger partial charge in [0.1, 0.15) is 5.75 Å². The summed E-state index contributed by atoms with van der Waals surface area (Å²) in [6, 6.07) is 2.11. The Bertz CT molecular complexity index is 477. The monoisotopic (exact) mass is 341 g/mol. The highest BCUT2D eigenvalue weighted by Gasteiger charge is 2.31. The third kappa shape index (κ3) is 4.98. The lowest BCUT2D eigenvalue weighted by atomic mass is 10.1. The number of alkyl halides is 3. The number of anilines is 1. The minimum absolute atomic E-state index is 0.0426. The molecule has 0 radical (unpaired) electrons. The Kier molecular flexibility index (Phi) is 5.04. The lowest BCUT2D eigenvalue weighted by Gasteiger charge is -2.13. The second-order valence-electron chi connectivity index (χ2n) is 3.52. The first-order chi connectivity index (χ1) is 8.73. The molecule has 8 heteroatoms. The van der Waals surface area contributed by atoms with Crippen molar-refractivity contribution in [2.24, 2.45) is 0 Å². The summed E-state index contributed by atoms with van der Waals surface area (Å²) in [5.41, 5.74) is 5.85. The van der Waals surface area contributed by atoms with Crippen LogP contribution in [0.1, 0.15) is 12.5 Å². The first-order valence-electron chi connectivity index (χ1n) is 5.22. The molecule has 0 saturated heterocycles. The molecular weight excluding hydrogens is 331 g/mol. The lowest BCUT2D eigenvalue weighted by Crippen LogP contribution is -2.17. The number of carbonyl (C=O) groups excluding carboxylic acids is 1. The van der Waals surface area contributed by atoms with Crippen LogP contribution in [0.5, 0.6) is 5.75 Å². The molecule has 0 fully saturated rings. The number of hydrogen-bond donors (Lipinski definition) is 1. The minimum Gasteiger partial charge on any atom is -0.466 e. The van der Waals surface area contributed by atoms with Crippen LogP contribution in [0.2, 0.25) is 0 Å². The molecule has 0 atom stereocenters. The maximum Gasteiger partial charge on any atom is 0.573 e. The molecule has 0 aliphatic heterocycles. The van der Waals surface area contributed by atoms with Crippen LogP contribution in [0.3, 0.4) is 0 Å². The number of nitrogens with two attached hydrogens (primary N) is 1. The maximum absolute atomic E-state index is 12.1. The summed E-state index contributed by atoms with van der Waals surface area (Å²) in [6.45, 7) is 1.81. The van der Waals surface area contributed by atoms with Crippen LogP contribution in [0.15, 0.2) is 16.6 Å². The molecule has 0 spiro atoms. The van der Waals surface area contributed by atoms with E-state index >= 15 is 0 Å². The Morgan fingerprint density at radius 1 is 1.42 bits per heavy atom. The molecule has 0 bridgehead atoms. The summed E-state index contributed by atoms with van der Waals surface area (Å²) in [5.74, 6) is -1.04. The van der Waals surface area contributed by atoms with E-state index in [9.17, 15) is 18.0 Å². The van der Waals surface area contributed by atoms with Crippen molar-refractivity contribution in [3.05, 3.63) is 22.2 Å². The summed E-state index contributed by atoms with van der Waals surface area (Å²) < 4.78 is 45.2. The zero-order valence-electron chi connectivity index (χ0n) is 9.88. The van der Waals surface area contributed by atoms with Gasteiger partial charge in [0.05, 0.1) is 13.0 Å². The van der Waals surface area contributed by atoms with E-state index < -0.39 is 18.1 Å². The fourth-order valence-electron chi connectivity index (χ4n) is 1.37. The van der Waals surface area contributed by atoms with Crippen molar-refractivity contribution in [1.29, 1.82) is 0 Å². The SMILES string of the molecule is CCOC(=O)Cc1cc(OC(F)(F)F)cc(N)c1Br. The van der Waals surface area contributed by atoms with Crippen LogP contribution >= 0.6 is 15.9 Å². The van der Waals surface area contributed by atoms with Crippen LogP contribution in [0.4, 0.5) is 18.9 Å². The molecule has 0 amide bonds. The van der Waals surface area contributed by atoms with Crippen molar-refractivity contribution in [3.8, 4) is 5.75 Å². The van der Waals surface area contributed by atoms with E-state index in [1.165, 1.54) is 0 Å². The smallest absolute Gasteiger partial charge is 0.466 e. The summed E-state index contributed by atoms with van der Waals surface area (Å²) >= 11 is 3.10. The van der Waals surface area contributed by atoms with Crippen LogP contribution in [-0.4, -0.2) is 18.9 Å². The van der Waals surface area contributed by atoms with Crippen LogP contribution in [0, 0.1) is 0 Å². The highest BCUT2D eigenvalue weighted by atomic mass is 79.9. The molecule has 0 aromatic heterocycles. The standard InChI is InChI=1S/C11H11BrF3NO3/c1-2-18-9(17)4-6-3-7(19-11(13,14)15)5-8(16)10(6)12/h3,5H,2,4,16H2,1H3. The Morgan fingerprint density at radius 3 is 2.58 bits per heavy atom. The molecule has 0 saturated carbocycles. The van der Waals surface area contributed by atoms with Gasteiger partial charge >= 0.3 is 12.3 Å². The molecule has 0 unspecified atom stereocenters. The Hall–Kier alpha value is -1.44. The van der Waals surface area contributed by atoms with Crippen LogP contribution in [-0.2, 0) is 16.0 Å². The second-order valence-corrected chi connectivity index (χ2v) is 4.31. The first kappa shape index (κ1) is 15.6. The van der Waals surface area contributed by atoms with Gasteiger partial charge in [-0.05, 0) is 34.5 Å². The van der Waals surface area contributed by atoms with Crippen molar-refractivity contribution >= 4 is 27.6 Å². The lowest BCUT2D eigenvalue weighted by molar-refractivity contribution is -0.274. The number of halogens is 4. The molecule has 2 N–H and O–H groups in total. The zero-order valence-corrected chi connectivity index (χ0v) is 11.5. The molecule has 1 aromatic carbocycles. The number of hydrogen-bond acceptors (Lipinski definition) is 4. The summed E-state index contributed by atoms with van der Waals surface area (Å²) in [5, 5.41) is 0. The van der Waals surface area contributed by atoms with Crippen molar-refractivity contribution in [2.45, 2.75) is 19.7 Å². The maximum atomic E-state index is 12.1. The fourth-order valence-corrected chi connectivity index (χ4v) is 1.74. The van der Waals surface area contributed by atoms with Gasteiger partial charge in [-0.1, -0.05) is 0 Å². The van der Waals surface area contributed by atoms with E-state index in [4.69, 9.17) is 10.5 Å². The molecule has 0 aliphatic carbocycles. The summed E-state index contributed by atoms with van der Waals surface area (Å²) in [6.07, 6.45) is -5.02. The third-order valence-electron chi connectivity index (χ3n) is 2.02. The Morgan fingerprint density at radius 2 is 2.05 bits per heavy atom. The van der Waals surface area contributed by atoms with Crippen LogP contribution in [0.25, 0.3) is 0 Å².